The molecule has 25 heavy (non-hydrogen) atoms. The summed E-state index contributed by atoms with van der Waals surface area (Å²) in [5, 5.41) is 5.95. The Kier molecular flexibility index (Phi) is 8.15. The van der Waals surface area contributed by atoms with Crippen molar-refractivity contribution in [2.75, 3.05) is 46.3 Å². The van der Waals surface area contributed by atoms with Gasteiger partial charge in [0.2, 0.25) is 5.91 Å². The molecule has 1 rings (SSSR count). The zero-order valence-electron chi connectivity index (χ0n) is 16.4. The third-order valence-corrected chi connectivity index (χ3v) is 3.51. The summed E-state index contributed by atoms with van der Waals surface area (Å²) in [5.41, 5.74) is -0.496. The molecule has 1 fully saturated rings. The van der Waals surface area contributed by atoms with Gasteiger partial charge in [-0.15, -0.1) is 0 Å². The SMILES string of the molecule is CN=C(NCC(=O)OC(C)(C)C)N1CCN(CC(=O)NC(C)C)CC1. The van der Waals surface area contributed by atoms with E-state index in [-0.39, 0.29) is 24.5 Å². The molecule has 0 aromatic carbocycles. The molecule has 0 spiro atoms. The Bertz CT molecular complexity index is 477. The predicted octanol–water partition coefficient (Wildman–Crippen LogP) is 0.0457. The highest BCUT2D eigenvalue weighted by Crippen LogP contribution is 2.06. The average molecular weight is 355 g/mol. The van der Waals surface area contributed by atoms with Crippen LogP contribution in [0.25, 0.3) is 0 Å². The first-order valence-electron chi connectivity index (χ1n) is 8.80. The number of rotatable bonds is 5. The van der Waals surface area contributed by atoms with E-state index in [9.17, 15) is 9.59 Å². The van der Waals surface area contributed by atoms with Gasteiger partial charge in [-0.2, -0.15) is 0 Å². The fourth-order valence-electron chi connectivity index (χ4n) is 2.55. The minimum Gasteiger partial charge on any atom is -0.459 e. The molecule has 0 bridgehead atoms. The van der Waals surface area contributed by atoms with Crippen LogP contribution in [-0.4, -0.2) is 85.6 Å². The number of carbonyl (C=O) groups is 2. The van der Waals surface area contributed by atoms with Gasteiger partial charge in [-0.25, -0.2) is 0 Å². The molecule has 1 amide bonds. The molecule has 2 N–H and O–H groups in total. The quantitative estimate of drug-likeness (QED) is 0.412. The lowest BCUT2D eigenvalue weighted by molar-refractivity contribution is -0.153. The molecule has 1 saturated heterocycles. The average Bonchev–Trinajstić information content (AvgIpc) is 2.46. The van der Waals surface area contributed by atoms with Crippen molar-refractivity contribution in [3.63, 3.8) is 0 Å². The molecule has 0 radical (unpaired) electrons. The van der Waals surface area contributed by atoms with Crippen LogP contribution in [0.3, 0.4) is 0 Å². The number of nitrogens with one attached hydrogen (secondary N) is 2. The molecule has 144 valence electrons. The maximum atomic E-state index is 11.8. The van der Waals surface area contributed by atoms with E-state index < -0.39 is 5.60 Å². The predicted molar refractivity (Wildman–Crippen MR) is 98.5 cm³/mol. The number of esters is 1. The molecular weight excluding hydrogens is 322 g/mol. The Labute approximate surface area is 151 Å². The van der Waals surface area contributed by atoms with Gasteiger partial charge in [0.25, 0.3) is 0 Å². The summed E-state index contributed by atoms with van der Waals surface area (Å²) in [4.78, 5) is 32.1. The molecule has 0 atom stereocenters. The van der Waals surface area contributed by atoms with Crippen molar-refractivity contribution in [1.82, 2.24) is 20.4 Å². The zero-order valence-corrected chi connectivity index (χ0v) is 16.4. The maximum absolute atomic E-state index is 11.8. The van der Waals surface area contributed by atoms with Crippen molar-refractivity contribution in [3.8, 4) is 0 Å². The second kappa shape index (κ2) is 9.60. The highest BCUT2D eigenvalue weighted by atomic mass is 16.6. The largest absolute Gasteiger partial charge is 0.459 e. The van der Waals surface area contributed by atoms with Gasteiger partial charge in [0.1, 0.15) is 12.1 Å². The lowest BCUT2D eigenvalue weighted by Gasteiger charge is -2.36. The van der Waals surface area contributed by atoms with Crippen LogP contribution in [0.2, 0.25) is 0 Å². The number of ether oxygens (including phenoxy) is 1. The third-order valence-electron chi connectivity index (χ3n) is 3.51. The molecule has 0 aromatic rings. The summed E-state index contributed by atoms with van der Waals surface area (Å²) in [6.07, 6.45) is 0. The molecule has 1 heterocycles. The van der Waals surface area contributed by atoms with Gasteiger partial charge in [-0.05, 0) is 34.6 Å². The van der Waals surface area contributed by atoms with Crippen molar-refractivity contribution < 1.29 is 14.3 Å². The topological polar surface area (TPSA) is 86.3 Å². The molecule has 8 heteroatoms. The number of guanidine groups is 1. The number of amides is 1. The van der Waals surface area contributed by atoms with E-state index >= 15 is 0 Å². The molecule has 0 unspecified atom stereocenters. The van der Waals surface area contributed by atoms with Gasteiger partial charge in [0, 0.05) is 39.3 Å². The lowest BCUT2D eigenvalue weighted by Crippen LogP contribution is -2.54. The number of hydrogen-bond acceptors (Lipinski definition) is 5. The summed E-state index contributed by atoms with van der Waals surface area (Å²) in [6, 6.07) is 0.157. The summed E-state index contributed by atoms with van der Waals surface area (Å²) >= 11 is 0. The van der Waals surface area contributed by atoms with E-state index in [0.29, 0.717) is 12.5 Å². The molecule has 0 saturated carbocycles. The molecule has 0 aliphatic carbocycles. The van der Waals surface area contributed by atoms with Crippen LogP contribution in [-0.2, 0) is 14.3 Å². The smallest absolute Gasteiger partial charge is 0.325 e. The van der Waals surface area contributed by atoms with E-state index in [2.05, 4.69) is 25.4 Å². The fraction of sp³-hybridized carbons (Fsp3) is 0.824. The second-order valence-corrected chi connectivity index (χ2v) is 7.47. The van der Waals surface area contributed by atoms with Gasteiger partial charge < -0.3 is 20.3 Å². The van der Waals surface area contributed by atoms with E-state index in [0.717, 1.165) is 26.2 Å². The summed E-state index contributed by atoms with van der Waals surface area (Å²) < 4.78 is 5.28. The first-order valence-corrected chi connectivity index (χ1v) is 8.80. The Morgan fingerprint density at radius 1 is 1.16 bits per heavy atom. The molecule has 0 aromatic heterocycles. The summed E-state index contributed by atoms with van der Waals surface area (Å²) in [7, 11) is 1.69. The number of aliphatic imine (C=N–C) groups is 1. The van der Waals surface area contributed by atoms with E-state index in [1.807, 2.05) is 34.6 Å². The molecule has 1 aliphatic rings. The van der Waals surface area contributed by atoms with Gasteiger partial charge in [-0.1, -0.05) is 0 Å². The minimum atomic E-state index is -0.496. The second-order valence-electron chi connectivity index (χ2n) is 7.47. The van der Waals surface area contributed by atoms with Crippen molar-refractivity contribution in [2.24, 2.45) is 4.99 Å². The normalized spacial score (nSPS) is 16.8. The van der Waals surface area contributed by atoms with E-state index in [4.69, 9.17) is 4.74 Å². The Balaban J connectivity index is 2.39. The molecule has 8 nitrogen and oxygen atoms in total. The first-order chi connectivity index (χ1) is 11.6. The minimum absolute atomic E-state index is 0.0517. The standard InChI is InChI=1S/C17H33N5O3/c1-13(2)20-14(23)12-21-7-9-22(10-8-21)16(18-6)19-11-15(24)25-17(3,4)5/h13H,7-12H2,1-6H3,(H,18,19)(H,20,23). The Morgan fingerprint density at radius 3 is 2.24 bits per heavy atom. The van der Waals surface area contributed by atoms with Crippen LogP contribution in [0.4, 0.5) is 0 Å². The van der Waals surface area contributed by atoms with Crippen molar-refractivity contribution in [1.29, 1.82) is 0 Å². The van der Waals surface area contributed by atoms with Crippen molar-refractivity contribution >= 4 is 17.8 Å². The van der Waals surface area contributed by atoms with Gasteiger partial charge in [-0.3, -0.25) is 19.5 Å². The van der Waals surface area contributed by atoms with E-state index in [1.165, 1.54) is 0 Å². The van der Waals surface area contributed by atoms with E-state index in [1.54, 1.807) is 7.05 Å². The Hall–Kier alpha value is -1.83. The number of hydrogen-bond donors (Lipinski definition) is 2. The van der Waals surface area contributed by atoms with Gasteiger partial charge >= 0.3 is 5.97 Å². The van der Waals surface area contributed by atoms with Crippen LogP contribution in [0.5, 0.6) is 0 Å². The third kappa shape index (κ3) is 8.72. The highest BCUT2D eigenvalue weighted by Gasteiger charge is 2.22. The summed E-state index contributed by atoms with van der Waals surface area (Å²) in [6.45, 7) is 13.0. The van der Waals surface area contributed by atoms with Crippen molar-refractivity contribution in [2.45, 2.75) is 46.3 Å². The van der Waals surface area contributed by atoms with Crippen LogP contribution < -0.4 is 10.6 Å². The highest BCUT2D eigenvalue weighted by molar-refractivity contribution is 5.84. The lowest BCUT2D eigenvalue weighted by atomic mass is 10.2. The fourth-order valence-corrected chi connectivity index (χ4v) is 2.55. The van der Waals surface area contributed by atoms with Gasteiger partial charge in [0.05, 0.1) is 6.54 Å². The molecule has 1 aliphatic heterocycles. The van der Waals surface area contributed by atoms with Crippen LogP contribution >= 0.6 is 0 Å². The number of nitrogens with zero attached hydrogens (tertiary/aromatic N) is 3. The maximum Gasteiger partial charge on any atom is 0.325 e. The first kappa shape index (κ1) is 21.2. The van der Waals surface area contributed by atoms with Crippen LogP contribution in [0.1, 0.15) is 34.6 Å². The number of carbonyl (C=O) groups excluding carboxylic acids is 2. The Morgan fingerprint density at radius 2 is 1.76 bits per heavy atom. The number of piperazine rings is 1. The summed E-state index contributed by atoms with van der Waals surface area (Å²) in [5.74, 6) is 0.422. The zero-order chi connectivity index (χ0) is 19.0. The van der Waals surface area contributed by atoms with Gasteiger partial charge in [0.15, 0.2) is 5.96 Å². The monoisotopic (exact) mass is 355 g/mol. The van der Waals surface area contributed by atoms with Crippen LogP contribution in [0.15, 0.2) is 4.99 Å². The molecular formula is C17H33N5O3. The van der Waals surface area contributed by atoms with Crippen LogP contribution in [0, 0.1) is 0 Å². The van der Waals surface area contributed by atoms with Crippen molar-refractivity contribution in [3.05, 3.63) is 0 Å².